The molecule has 1 atom stereocenters. The molecule has 4 rings (SSSR count). The second-order valence-electron chi connectivity index (χ2n) is 6.22. The van der Waals surface area contributed by atoms with Crippen LogP contribution in [0.3, 0.4) is 0 Å². The Labute approximate surface area is 141 Å². The van der Waals surface area contributed by atoms with Crippen LogP contribution in [-0.4, -0.2) is 24.3 Å². The standard InChI is InChI=1S/C19H20N2O3/c1-13(15-6-7-17-18(10-15)24-12-23-17)20-19(22)21-9-8-14-4-2-3-5-16(14)11-21/h2-7,10,13H,8-9,11-12H2,1H3,(H,20,22). The van der Waals surface area contributed by atoms with Gasteiger partial charge < -0.3 is 19.7 Å². The number of carbonyl (C=O) groups is 1. The third-order valence-corrected chi connectivity index (χ3v) is 4.65. The lowest BCUT2D eigenvalue weighted by Crippen LogP contribution is -2.43. The molecule has 0 aromatic heterocycles. The van der Waals surface area contributed by atoms with E-state index in [-0.39, 0.29) is 18.9 Å². The quantitative estimate of drug-likeness (QED) is 0.922. The summed E-state index contributed by atoms with van der Waals surface area (Å²) in [5.41, 5.74) is 3.57. The maximum Gasteiger partial charge on any atom is 0.318 e. The first-order chi connectivity index (χ1) is 11.7. The smallest absolute Gasteiger partial charge is 0.318 e. The summed E-state index contributed by atoms with van der Waals surface area (Å²) in [5, 5.41) is 3.08. The number of fused-ring (bicyclic) bond motifs is 2. The fraction of sp³-hybridized carbons (Fsp3) is 0.316. The Kier molecular flexibility index (Phi) is 3.76. The number of carbonyl (C=O) groups excluding carboxylic acids is 1. The van der Waals surface area contributed by atoms with Crippen LogP contribution in [0.5, 0.6) is 11.5 Å². The highest BCUT2D eigenvalue weighted by Gasteiger charge is 2.22. The van der Waals surface area contributed by atoms with Gasteiger partial charge in [0.1, 0.15) is 0 Å². The Morgan fingerprint density at radius 1 is 1.12 bits per heavy atom. The van der Waals surface area contributed by atoms with Gasteiger partial charge in [-0.1, -0.05) is 30.3 Å². The molecule has 5 nitrogen and oxygen atoms in total. The van der Waals surface area contributed by atoms with Gasteiger partial charge in [0, 0.05) is 13.1 Å². The molecule has 0 saturated carbocycles. The highest BCUT2D eigenvalue weighted by Crippen LogP contribution is 2.34. The van der Waals surface area contributed by atoms with E-state index in [2.05, 4.69) is 23.5 Å². The normalized spacial score (nSPS) is 16.5. The summed E-state index contributed by atoms with van der Waals surface area (Å²) < 4.78 is 10.7. The van der Waals surface area contributed by atoms with Crippen LogP contribution >= 0.6 is 0 Å². The van der Waals surface area contributed by atoms with E-state index in [0.717, 1.165) is 30.0 Å². The van der Waals surface area contributed by atoms with Gasteiger partial charge in [-0.15, -0.1) is 0 Å². The molecule has 2 aromatic carbocycles. The Balaban J connectivity index is 1.43. The maximum atomic E-state index is 12.6. The zero-order valence-corrected chi connectivity index (χ0v) is 13.6. The number of nitrogens with one attached hydrogen (secondary N) is 1. The van der Waals surface area contributed by atoms with Gasteiger partial charge in [0.2, 0.25) is 6.79 Å². The van der Waals surface area contributed by atoms with Gasteiger partial charge in [-0.3, -0.25) is 0 Å². The molecule has 24 heavy (non-hydrogen) atoms. The second-order valence-corrected chi connectivity index (χ2v) is 6.22. The van der Waals surface area contributed by atoms with Crippen molar-refractivity contribution in [1.82, 2.24) is 10.2 Å². The van der Waals surface area contributed by atoms with E-state index in [4.69, 9.17) is 9.47 Å². The molecule has 0 bridgehead atoms. The zero-order chi connectivity index (χ0) is 16.5. The van der Waals surface area contributed by atoms with E-state index in [1.165, 1.54) is 11.1 Å². The minimum atomic E-state index is -0.0934. The van der Waals surface area contributed by atoms with Gasteiger partial charge in [-0.25, -0.2) is 4.79 Å². The Morgan fingerprint density at radius 2 is 1.92 bits per heavy atom. The monoisotopic (exact) mass is 324 g/mol. The summed E-state index contributed by atoms with van der Waals surface area (Å²) in [6.07, 6.45) is 0.905. The molecule has 2 aliphatic rings. The highest BCUT2D eigenvalue weighted by atomic mass is 16.7. The van der Waals surface area contributed by atoms with Gasteiger partial charge >= 0.3 is 6.03 Å². The van der Waals surface area contributed by atoms with Gasteiger partial charge in [-0.05, 0) is 42.2 Å². The first-order valence-electron chi connectivity index (χ1n) is 8.22. The first kappa shape index (κ1) is 14.9. The lowest BCUT2D eigenvalue weighted by molar-refractivity contribution is 0.174. The predicted octanol–water partition coefficient (Wildman–Crippen LogP) is 3.24. The van der Waals surface area contributed by atoms with Gasteiger partial charge in [0.15, 0.2) is 11.5 Å². The Bertz CT molecular complexity index is 775. The largest absolute Gasteiger partial charge is 0.454 e. The molecular formula is C19H20N2O3. The van der Waals surface area contributed by atoms with Crippen molar-refractivity contribution in [3.63, 3.8) is 0 Å². The van der Waals surface area contributed by atoms with Crippen LogP contribution in [0.15, 0.2) is 42.5 Å². The Hall–Kier alpha value is -2.69. The second kappa shape index (κ2) is 6.07. The van der Waals surface area contributed by atoms with Gasteiger partial charge in [-0.2, -0.15) is 0 Å². The molecule has 1 N–H and O–H groups in total. The molecule has 1 unspecified atom stereocenters. The van der Waals surface area contributed by atoms with Crippen molar-refractivity contribution in [2.75, 3.05) is 13.3 Å². The molecule has 124 valence electrons. The molecular weight excluding hydrogens is 304 g/mol. The molecule has 0 spiro atoms. The Morgan fingerprint density at radius 3 is 2.79 bits per heavy atom. The van der Waals surface area contributed by atoms with Crippen molar-refractivity contribution in [3.8, 4) is 11.5 Å². The van der Waals surface area contributed by atoms with Crippen molar-refractivity contribution in [3.05, 3.63) is 59.2 Å². The van der Waals surface area contributed by atoms with Crippen molar-refractivity contribution in [2.24, 2.45) is 0 Å². The van der Waals surface area contributed by atoms with E-state index < -0.39 is 0 Å². The zero-order valence-electron chi connectivity index (χ0n) is 13.6. The number of urea groups is 1. The molecule has 0 aliphatic carbocycles. The maximum absolute atomic E-state index is 12.6. The van der Waals surface area contributed by atoms with Crippen molar-refractivity contribution in [1.29, 1.82) is 0 Å². The molecule has 2 heterocycles. The molecule has 5 heteroatoms. The van der Waals surface area contributed by atoms with Crippen LogP contribution in [0.25, 0.3) is 0 Å². The van der Waals surface area contributed by atoms with Crippen LogP contribution in [-0.2, 0) is 13.0 Å². The van der Waals surface area contributed by atoms with E-state index in [9.17, 15) is 4.79 Å². The van der Waals surface area contributed by atoms with Crippen molar-refractivity contribution < 1.29 is 14.3 Å². The number of hydrogen-bond acceptors (Lipinski definition) is 3. The highest BCUT2D eigenvalue weighted by molar-refractivity contribution is 5.75. The number of amides is 2. The third kappa shape index (κ3) is 2.77. The average Bonchev–Trinajstić information content (AvgIpc) is 3.08. The van der Waals surface area contributed by atoms with Crippen LogP contribution in [0.4, 0.5) is 4.79 Å². The van der Waals surface area contributed by atoms with Crippen LogP contribution in [0, 0.1) is 0 Å². The van der Waals surface area contributed by atoms with Crippen molar-refractivity contribution >= 4 is 6.03 Å². The molecule has 0 saturated heterocycles. The van der Waals surface area contributed by atoms with E-state index in [1.807, 2.05) is 36.1 Å². The lowest BCUT2D eigenvalue weighted by Gasteiger charge is -2.30. The van der Waals surface area contributed by atoms with Gasteiger partial charge in [0.25, 0.3) is 0 Å². The molecule has 2 amide bonds. The van der Waals surface area contributed by atoms with Crippen LogP contribution in [0.2, 0.25) is 0 Å². The summed E-state index contributed by atoms with van der Waals surface area (Å²) in [4.78, 5) is 14.5. The summed E-state index contributed by atoms with van der Waals surface area (Å²) in [6.45, 7) is 3.65. The fourth-order valence-electron chi connectivity index (χ4n) is 3.21. The summed E-state index contributed by atoms with van der Waals surface area (Å²) >= 11 is 0. The van der Waals surface area contributed by atoms with Crippen LogP contribution in [0.1, 0.15) is 29.7 Å². The minimum Gasteiger partial charge on any atom is -0.454 e. The van der Waals surface area contributed by atoms with Crippen molar-refractivity contribution in [2.45, 2.75) is 25.9 Å². The summed E-state index contributed by atoms with van der Waals surface area (Å²) in [7, 11) is 0. The van der Waals surface area contributed by atoms with E-state index >= 15 is 0 Å². The number of nitrogens with zero attached hydrogens (tertiary/aromatic N) is 1. The first-order valence-corrected chi connectivity index (χ1v) is 8.22. The summed E-state index contributed by atoms with van der Waals surface area (Å²) in [5.74, 6) is 1.49. The lowest BCUT2D eigenvalue weighted by atomic mass is 10.0. The fourth-order valence-corrected chi connectivity index (χ4v) is 3.21. The van der Waals surface area contributed by atoms with E-state index in [0.29, 0.717) is 6.54 Å². The third-order valence-electron chi connectivity index (χ3n) is 4.65. The van der Waals surface area contributed by atoms with E-state index in [1.54, 1.807) is 0 Å². The predicted molar refractivity (Wildman–Crippen MR) is 90.1 cm³/mol. The number of ether oxygens (including phenoxy) is 2. The number of rotatable bonds is 2. The molecule has 2 aliphatic heterocycles. The van der Waals surface area contributed by atoms with Crippen LogP contribution < -0.4 is 14.8 Å². The number of hydrogen-bond donors (Lipinski definition) is 1. The summed E-state index contributed by atoms with van der Waals surface area (Å²) in [6, 6.07) is 14.0. The molecule has 0 fully saturated rings. The number of benzene rings is 2. The topological polar surface area (TPSA) is 50.8 Å². The molecule has 0 radical (unpaired) electrons. The van der Waals surface area contributed by atoms with Gasteiger partial charge in [0.05, 0.1) is 6.04 Å². The SMILES string of the molecule is CC(NC(=O)N1CCc2ccccc2C1)c1ccc2c(c1)OCO2. The molecule has 2 aromatic rings. The average molecular weight is 324 g/mol. The minimum absolute atomic E-state index is 0.0327.